The molecule has 5 heteroatoms. The minimum atomic E-state index is -0.553. The van der Waals surface area contributed by atoms with Crippen LogP contribution in [0, 0.1) is 0 Å². The van der Waals surface area contributed by atoms with Gasteiger partial charge in [0.05, 0.1) is 0 Å². The third-order valence-electron chi connectivity index (χ3n) is 3.99. The van der Waals surface area contributed by atoms with Crippen LogP contribution in [0.3, 0.4) is 0 Å². The molecule has 24 heavy (non-hydrogen) atoms. The van der Waals surface area contributed by atoms with Gasteiger partial charge in [-0.3, -0.25) is 9.69 Å². The predicted molar refractivity (Wildman–Crippen MR) is 93.7 cm³/mol. The maximum Gasteiger partial charge on any atom is 0.411 e. The van der Waals surface area contributed by atoms with Crippen molar-refractivity contribution in [3.05, 3.63) is 35.9 Å². The zero-order valence-electron chi connectivity index (χ0n) is 14.9. The second kappa shape index (κ2) is 8.18. The number of amides is 2. The van der Waals surface area contributed by atoms with Gasteiger partial charge in [0.25, 0.3) is 0 Å². The Morgan fingerprint density at radius 1 is 1.25 bits per heavy atom. The van der Waals surface area contributed by atoms with E-state index in [1.165, 1.54) is 5.56 Å². The summed E-state index contributed by atoms with van der Waals surface area (Å²) >= 11 is 0. The molecule has 1 atom stereocenters. The van der Waals surface area contributed by atoms with E-state index in [9.17, 15) is 9.59 Å². The average molecular weight is 332 g/mol. The summed E-state index contributed by atoms with van der Waals surface area (Å²) in [6.07, 6.45) is 3.15. The molecule has 1 saturated heterocycles. The number of unbranched alkanes of at least 4 members (excludes halogenated alkanes) is 1. The quantitative estimate of drug-likeness (QED) is 0.843. The normalized spacial score (nSPS) is 18.2. The van der Waals surface area contributed by atoms with E-state index in [1.54, 1.807) is 4.90 Å². The Morgan fingerprint density at radius 2 is 1.96 bits per heavy atom. The van der Waals surface area contributed by atoms with Crippen molar-refractivity contribution in [3.63, 3.8) is 0 Å². The molecule has 0 aromatic heterocycles. The van der Waals surface area contributed by atoms with Gasteiger partial charge in [0, 0.05) is 13.1 Å². The van der Waals surface area contributed by atoms with E-state index < -0.39 is 17.7 Å². The van der Waals surface area contributed by atoms with Gasteiger partial charge >= 0.3 is 6.09 Å². The lowest BCUT2D eigenvalue weighted by Crippen LogP contribution is -2.57. The largest absolute Gasteiger partial charge is 0.444 e. The molecule has 1 fully saturated rings. The molecule has 1 aliphatic heterocycles. The van der Waals surface area contributed by atoms with Gasteiger partial charge in [0.2, 0.25) is 5.91 Å². The highest BCUT2D eigenvalue weighted by Crippen LogP contribution is 2.18. The molecule has 1 unspecified atom stereocenters. The Kier molecular flexibility index (Phi) is 6.23. The number of carbonyl (C=O) groups excluding carboxylic acids is 2. The molecule has 0 radical (unpaired) electrons. The van der Waals surface area contributed by atoms with Crippen LogP contribution in [0.15, 0.2) is 30.3 Å². The van der Waals surface area contributed by atoms with Gasteiger partial charge in [0.15, 0.2) is 0 Å². The Morgan fingerprint density at radius 3 is 2.62 bits per heavy atom. The van der Waals surface area contributed by atoms with Gasteiger partial charge in [-0.1, -0.05) is 36.8 Å². The molecule has 1 aromatic carbocycles. The first kappa shape index (κ1) is 18.3. The summed E-state index contributed by atoms with van der Waals surface area (Å²) in [5, 5.41) is 2.85. The number of rotatable bonds is 5. The van der Waals surface area contributed by atoms with Crippen LogP contribution < -0.4 is 5.32 Å². The zero-order valence-corrected chi connectivity index (χ0v) is 14.9. The molecule has 0 bridgehead atoms. The number of hydrogen-bond donors (Lipinski definition) is 1. The van der Waals surface area contributed by atoms with E-state index in [1.807, 2.05) is 39.0 Å². The van der Waals surface area contributed by atoms with Crippen LogP contribution >= 0.6 is 0 Å². The Hall–Kier alpha value is -2.04. The summed E-state index contributed by atoms with van der Waals surface area (Å²) in [5.41, 5.74) is 0.748. The maximum absolute atomic E-state index is 12.3. The minimum absolute atomic E-state index is 0.0770. The zero-order chi connectivity index (χ0) is 17.6. The number of nitrogens with zero attached hydrogens (tertiary/aromatic N) is 1. The van der Waals surface area contributed by atoms with Crippen molar-refractivity contribution >= 4 is 12.0 Å². The standard InChI is InChI=1S/C19H28N2O3/c1-19(2,3)24-18(23)21-14-13-20-17(22)16(21)12-8-7-11-15-9-5-4-6-10-15/h4-6,9-10,16H,7-8,11-14H2,1-3H3,(H,20,22). The molecule has 1 N–H and O–H groups in total. The smallest absolute Gasteiger partial charge is 0.411 e. The second-order valence-corrected chi connectivity index (χ2v) is 7.21. The number of nitrogens with one attached hydrogen (secondary N) is 1. The van der Waals surface area contributed by atoms with Crippen LogP contribution in [0.1, 0.15) is 45.6 Å². The molecule has 1 aliphatic rings. The van der Waals surface area contributed by atoms with Crippen molar-refractivity contribution < 1.29 is 14.3 Å². The third-order valence-corrected chi connectivity index (χ3v) is 3.99. The van der Waals surface area contributed by atoms with Crippen LogP contribution in [0.4, 0.5) is 4.79 Å². The summed E-state index contributed by atoms with van der Waals surface area (Å²) in [7, 11) is 0. The predicted octanol–water partition coefficient (Wildman–Crippen LogP) is 3.13. The first-order valence-electron chi connectivity index (χ1n) is 8.68. The molecule has 2 amide bonds. The van der Waals surface area contributed by atoms with Crippen molar-refractivity contribution in [2.45, 2.75) is 58.1 Å². The minimum Gasteiger partial charge on any atom is -0.444 e. The monoisotopic (exact) mass is 332 g/mol. The molecular weight excluding hydrogens is 304 g/mol. The van der Waals surface area contributed by atoms with Gasteiger partial charge in [-0.05, 0) is 45.6 Å². The van der Waals surface area contributed by atoms with Gasteiger partial charge in [-0.2, -0.15) is 0 Å². The van der Waals surface area contributed by atoms with E-state index in [-0.39, 0.29) is 5.91 Å². The topological polar surface area (TPSA) is 58.6 Å². The lowest BCUT2D eigenvalue weighted by Gasteiger charge is -2.36. The summed E-state index contributed by atoms with van der Waals surface area (Å²) < 4.78 is 5.44. The van der Waals surface area contributed by atoms with Crippen molar-refractivity contribution in [1.82, 2.24) is 10.2 Å². The molecule has 0 saturated carbocycles. The summed E-state index contributed by atoms with van der Waals surface area (Å²) in [5.74, 6) is -0.0770. The van der Waals surface area contributed by atoms with Crippen LogP contribution in [-0.4, -0.2) is 41.6 Å². The van der Waals surface area contributed by atoms with Crippen molar-refractivity contribution in [2.75, 3.05) is 13.1 Å². The lowest BCUT2D eigenvalue weighted by molar-refractivity contribution is -0.129. The molecule has 0 spiro atoms. The highest BCUT2D eigenvalue weighted by molar-refractivity contribution is 5.86. The fourth-order valence-corrected chi connectivity index (χ4v) is 2.85. The van der Waals surface area contributed by atoms with Gasteiger partial charge in [-0.15, -0.1) is 0 Å². The van der Waals surface area contributed by atoms with Crippen LogP contribution in [-0.2, 0) is 16.0 Å². The average Bonchev–Trinajstić information content (AvgIpc) is 2.52. The number of carbonyl (C=O) groups is 2. The van der Waals surface area contributed by atoms with Crippen molar-refractivity contribution in [3.8, 4) is 0 Å². The molecule has 5 nitrogen and oxygen atoms in total. The van der Waals surface area contributed by atoms with E-state index in [0.717, 1.165) is 19.3 Å². The molecule has 0 aliphatic carbocycles. The van der Waals surface area contributed by atoms with Crippen LogP contribution in [0.2, 0.25) is 0 Å². The van der Waals surface area contributed by atoms with E-state index in [0.29, 0.717) is 19.5 Å². The number of aryl methyl sites for hydroxylation is 1. The lowest BCUT2D eigenvalue weighted by atomic mass is 10.0. The SMILES string of the molecule is CC(C)(C)OC(=O)N1CCNC(=O)C1CCCCc1ccccc1. The number of hydrogen-bond acceptors (Lipinski definition) is 3. The summed E-state index contributed by atoms with van der Waals surface area (Å²) in [6, 6.07) is 9.88. The highest BCUT2D eigenvalue weighted by atomic mass is 16.6. The number of piperazine rings is 1. The van der Waals surface area contributed by atoms with Gasteiger partial charge in [-0.25, -0.2) is 4.79 Å². The third kappa shape index (κ3) is 5.55. The van der Waals surface area contributed by atoms with Crippen LogP contribution in [0.25, 0.3) is 0 Å². The first-order valence-corrected chi connectivity index (χ1v) is 8.68. The Labute approximate surface area is 144 Å². The first-order chi connectivity index (χ1) is 11.4. The second-order valence-electron chi connectivity index (χ2n) is 7.21. The number of ether oxygens (including phenoxy) is 1. The highest BCUT2D eigenvalue weighted by Gasteiger charge is 2.35. The Balaban J connectivity index is 1.87. The van der Waals surface area contributed by atoms with Gasteiger partial charge in [0.1, 0.15) is 11.6 Å². The molecule has 1 heterocycles. The fraction of sp³-hybridized carbons (Fsp3) is 0.579. The van der Waals surface area contributed by atoms with E-state index in [2.05, 4.69) is 17.4 Å². The van der Waals surface area contributed by atoms with Gasteiger partial charge < -0.3 is 10.1 Å². The van der Waals surface area contributed by atoms with Crippen molar-refractivity contribution in [1.29, 1.82) is 0 Å². The summed E-state index contributed by atoms with van der Waals surface area (Å²) in [6.45, 7) is 6.50. The van der Waals surface area contributed by atoms with Crippen LogP contribution in [0.5, 0.6) is 0 Å². The number of benzene rings is 1. The maximum atomic E-state index is 12.3. The van der Waals surface area contributed by atoms with E-state index >= 15 is 0 Å². The molecular formula is C19H28N2O3. The molecule has 1 aromatic rings. The molecule has 2 rings (SSSR count). The van der Waals surface area contributed by atoms with Crippen molar-refractivity contribution in [2.24, 2.45) is 0 Å². The Bertz CT molecular complexity index is 551. The summed E-state index contributed by atoms with van der Waals surface area (Å²) in [4.78, 5) is 26.1. The molecule has 132 valence electrons. The van der Waals surface area contributed by atoms with E-state index in [4.69, 9.17) is 4.74 Å². The fourth-order valence-electron chi connectivity index (χ4n) is 2.85.